The van der Waals surface area contributed by atoms with Crippen molar-refractivity contribution in [2.45, 2.75) is 44.9 Å². The molecule has 1 aromatic rings. The van der Waals surface area contributed by atoms with Crippen molar-refractivity contribution in [3.8, 4) is 0 Å². The van der Waals surface area contributed by atoms with Gasteiger partial charge in [-0.05, 0) is 64.5 Å². The van der Waals surface area contributed by atoms with Crippen LogP contribution in [0.25, 0.3) is 0 Å². The SMILES string of the molecule is CN1CCC[C@@H](CCNC(=O)c2nn(C)c3c2CCCC3)C1. The molecule has 5 heteroatoms. The number of piperidine rings is 1. The summed E-state index contributed by atoms with van der Waals surface area (Å²) in [5.74, 6) is 0.736. The van der Waals surface area contributed by atoms with Crippen LogP contribution >= 0.6 is 0 Å². The number of aryl methyl sites for hydroxylation is 1. The van der Waals surface area contributed by atoms with Crippen molar-refractivity contribution in [2.75, 3.05) is 26.7 Å². The second-order valence-corrected chi connectivity index (χ2v) is 6.92. The van der Waals surface area contributed by atoms with Crippen LogP contribution in [0.2, 0.25) is 0 Å². The molecule has 0 bridgehead atoms. The van der Waals surface area contributed by atoms with Gasteiger partial charge >= 0.3 is 0 Å². The highest BCUT2D eigenvalue weighted by Crippen LogP contribution is 2.24. The van der Waals surface area contributed by atoms with Crippen molar-refractivity contribution in [1.82, 2.24) is 20.0 Å². The van der Waals surface area contributed by atoms with E-state index in [1.165, 1.54) is 43.5 Å². The summed E-state index contributed by atoms with van der Waals surface area (Å²) < 4.78 is 1.90. The minimum Gasteiger partial charge on any atom is -0.351 e. The van der Waals surface area contributed by atoms with E-state index in [0.29, 0.717) is 5.69 Å². The summed E-state index contributed by atoms with van der Waals surface area (Å²) in [5.41, 5.74) is 3.10. The summed E-state index contributed by atoms with van der Waals surface area (Å²) in [6, 6.07) is 0. The number of aromatic nitrogens is 2. The van der Waals surface area contributed by atoms with E-state index >= 15 is 0 Å². The van der Waals surface area contributed by atoms with E-state index in [-0.39, 0.29) is 5.91 Å². The van der Waals surface area contributed by atoms with Gasteiger partial charge in [0.05, 0.1) is 0 Å². The molecule has 0 radical (unpaired) electrons. The van der Waals surface area contributed by atoms with Crippen LogP contribution in [0.3, 0.4) is 0 Å². The summed E-state index contributed by atoms with van der Waals surface area (Å²) in [4.78, 5) is 14.8. The van der Waals surface area contributed by atoms with E-state index in [1.54, 1.807) is 0 Å². The third kappa shape index (κ3) is 3.35. The first-order chi connectivity index (χ1) is 10.6. The topological polar surface area (TPSA) is 50.2 Å². The van der Waals surface area contributed by atoms with Crippen molar-refractivity contribution in [2.24, 2.45) is 13.0 Å². The highest BCUT2D eigenvalue weighted by atomic mass is 16.1. The molecule has 1 amide bonds. The Morgan fingerprint density at radius 3 is 2.91 bits per heavy atom. The van der Waals surface area contributed by atoms with Gasteiger partial charge in [-0.25, -0.2) is 0 Å². The lowest BCUT2D eigenvalue weighted by molar-refractivity contribution is 0.0941. The molecule has 0 aromatic carbocycles. The number of nitrogens with zero attached hydrogens (tertiary/aromatic N) is 3. The van der Waals surface area contributed by atoms with Gasteiger partial charge in [0, 0.05) is 31.4 Å². The highest BCUT2D eigenvalue weighted by molar-refractivity contribution is 5.94. The predicted octanol–water partition coefficient (Wildman–Crippen LogP) is 1.76. The first-order valence-electron chi connectivity index (χ1n) is 8.66. The van der Waals surface area contributed by atoms with Gasteiger partial charge in [-0.15, -0.1) is 0 Å². The standard InChI is InChI=1S/C17H28N4O/c1-20-11-5-6-13(12-20)9-10-18-17(22)16-14-7-3-4-8-15(14)21(2)19-16/h13H,3-12H2,1-2H3,(H,18,22)/t13-/m0/s1. The average molecular weight is 304 g/mol. The van der Waals surface area contributed by atoms with Crippen LogP contribution in [0.4, 0.5) is 0 Å². The molecule has 5 nitrogen and oxygen atoms in total. The number of amides is 1. The van der Waals surface area contributed by atoms with Crippen molar-refractivity contribution >= 4 is 5.91 Å². The smallest absolute Gasteiger partial charge is 0.272 e. The lowest BCUT2D eigenvalue weighted by Gasteiger charge is -2.29. The van der Waals surface area contributed by atoms with Crippen molar-refractivity contribution in [3.63, 3.8) is 0 Å². The summed E-state index contributed by atoms with van der Waals surface area (Å²) in [5, 5.41) is 7.56. The van der Waals surface area contributed by atoms with Crippen LogP contribution in [-0.4, -0.2) is 47.3 Å². The Labute approximate surface area is 133 Å². The van der Waals surface area contributed by atoms with Gasteiger partial charge in [0.1, 0.15) is 0 Å². The van der Waals surface area contributed by atoms with E-state index in [0.717, 1.165) is 38.3 Å². The van der Waals surface area contributed by atoms with E-state index in [2.05, 4.69) is 22.4 Å². The predicted molar refractivity (Wildman–Crippen MR) is 87.0 cm³/mol. The van der Waals surface area contributed by atoms with Crippen LogP contribution in [0.1, 0.15) is 53.8 Å². The van der Waals surface area contributed by atoms with Gasteiger partial charge in [0.2, 0.25) is 0 Å². The molecule has 1 aliphatic heterocycles. The fraction of sp³-hybridized carbons (Fsp3) is 0.765. The van der Waals surface area contributed by atoms with Crippen LogP contribution in [0.15, 0.2) is 0 Å². The summed E-state index contributed by atoms with van der Waals surface area (Å²) in [7, 11) is 4.14. The molecule has 2 heterocycles. The molecule has 3 rings (SSSR count). The summed E-state index contributed by atoms with van der Waals surface area (Å²) >= 11 is 0. The molecule has 1 aliphatic carbocycles. The lowest BCUT2D eigenvalue weighted by atomic mass is 9.94. The van der Waals surface area contributed by atoms with Crippen molar-refractivity contribution in [3.05, 3.63) is 17.0 Å². The first-order valence-corrected chi connectivity index (χ1v) is 8.66. The number of carbonyl (C=O) groups excluding carboxylic acids is 1. The maximum Gasteiger partial charge on any atom is 0.272 e. The monoisotopic (exact) mass is 304 g/mol. The number of carbonyl (C=O) groups is 1. The van der Waals surface area contributed by atoms with Gasteiger partial charge in [0.25, 0.3) is 5.91 Å². The molecule has 1 N–H and O–H groups in total. The Morgan fingerprint density at radius 2 is 2.09 bits per heavy atom. The molecule has 1 fully saturated rings. The maximum absolute atomic E-state index is 12.4. The van der Waals surface area contributed by atoms with Crippen LogP contribution < -0.4 is 5.32 Å². The maximum atomic E-state index is 12.4. The summed E-state index contributed by atoms with van der Waals surface area (Å²) in [6.45, 7) is 3.14. The fourth-order valence-corrected chi connectivity index (χ4v) is 3.94. The van der Waals surface area contributed by atoms with Crippen LogP contribution in [0.5, 0.6) is 0 Å². The Balaban J connectivity index is 1.54. The summed E-state index contributed by atoms with van der Waals surface area (Å²) in [6.07, 6.45) is 8.09. The number of hydrogen-bond acceptors (Lipinski definition) is 3. The largest absolute Gasteiger partial charge is 0.351 e. The van der Waals surface area contributed by atoms with Gasteiger partial charge in [0.15, 0.2) is 5.69 Å². The number of fused-ring (bicyclic) bond motifs is 1. The van der Waals surface area contributed by atoms with E-state index in [4.69, 9.17) is 0 Å². The Morgan fingerprint density at radius 1 is 1.27 bits per heavy atom. The second kappa shape index (κ2) is 6.82. The molecule has 2 aliphatic rings. The minimum absolute atomic E-state index is 0.0166. The molecule has 22 heavy (non-hydrogen) atoms. The molecule has 0 saturated carbocycles. The van der Waals surface area contributed by atoms with Crippen molar-refractivity contribution < 1.29 is 4.79 Å². The molecular formula is C17H28N4O. The van der Waals surface area contributed by atoms with Crippen molar-refractivity contribution in [1.29, 1.82) is 0 Å². The second-order valence-electron chi connectivity index (χ2n) is 6.92. The highest BCUT2D eigenvalue weighted by Gasteiger charge is 2.24. The van der Waals surface area contributed by atoms with Crippen LogP contribution in [0, 0.1) is 5.92 Å². The fourth-order valence-electron chi connectivity index (χ4n) is 3.94. The first kappa shape index (κ1) is 15.5. The molecule has 0 spiro atoms. The number of likely N-dealkylation sites (tertiary alicyclic amines) is 1. The number of rotatable bonds is 4. The Bertz CT molecular complexity index is 537. The lowest BCUT2D eigenvalue weighted by Crippen LogP contribution is -2.34. The molecule has 122 valence electrons. The number of hydrogen-bond donors (Lipinski definition) is 1. The molecule has 1 atom stereocenters. The number of nitrogens with one attached hydrogen (secondary N) is 1. The quantitative estimate of drug-likeness (QED) is 0.922. The molecule has 1 aromatic heterocycles. The Kier molecular flexibility index (Phi) is 4.81. The Hall–Kier alpha value is -1.36. The van der Waals surface area contributed by atoms with Gasteiger partial charge in [-0.1, -0.05) is 0 Å². The van der Waals surface area contributed by atoms with E-state index in [9.17, 15) is 4.79 Å². The van der Waals surface area contributed by atoms with Gasteiger partial charge in [-0.2, -0.15) is 5.10 Å². The minimum atomic E-state index is 0.0166. The third-order valence-electron chi connectivity index (χ3n) is 5.14. The van der Waals surface area contributed by atoms with Gasteiger partial charge < -0.3 is 10.2 Å². The average Bonchev–Trinajstić information content (AvgIpc) is 2.85. The zero-order chi connectivity index (χ0) is 15.5. The zero-order valence-corrected chi connectivity index (χ0v) is 13.9. The molecular weight excluding hydrogens is 276 g/mol. The molecule has 1 saturated heterocycles. The van der Waals surface area contributed by atoms with Crippen LogP contribution in [-0.2, 0) is 19.9 Å². The normalized spacial score (nSPS) is 22.4. The van der Waals surface area contributed by atoms with Gasteiger partial charge in [-0.3, -0.25) is 9.48 Å². The van der Waals surface area contributed by atoms with E-state index in [1.807, 2.05) is 11.7 Å². The zero-order valence-electron chi connectivity index (χ0n) is 13.9. The van der Waals surface area contributed by atoms with E-state index < -0.39 is 0 Å². The molecule has 0 unspecified atom stereocenters. The third-order valence-corrected chi connectivity index (χ3v) is 5.14.